The van der Waals surface area contributed by atoms with Gasteiger partial charge in [0.25, 0.3) is 5.91 Å². The fraction of sp³-hybridized carbons (Fsp3) is 0.684. The molecule has 1 saturated heterocycles. The fourth-order valence-corrected chi connectivity index (χ4v) is 5.26. The number of nitrogens with one attached hydrogen (secondary N) is 1. The summed E-state index contributed by atoms with van der Waals surface area (Å²) in [7, 11) is 1.56. The minimum atomic E-state index is -0.399. The molecule has 2 aliphatic carbocycles. The van der Waals surface area contributed by atoms with Crippen LogP contribution in [0.3, 0.4) is 0 Å². The Hall–Kier alpha value is -1.82. The molecule has 1 aliphatic heterocycles. The van der Waals surface area contributed by atoms with Crippen molar-refractivity contribution in [2.45, 2.75) is 39.2 Å². The van der Waals surface area contributed by atoms with Gasteiger partial charge in [-0.25, -0.2) is 4.79 Å². The minimum Gasteiger partial charge on any atom is -0.460 e. The lowest BCUT2D eigenvalue weighted by atomic mass is 9.76. The molecule has 4 atom stereocenters. The highest BCUT2D eigenvalue weighted by molar-refractivity contribution is 6.01. The molecule has 0 aromatic carbocycles. The molecule has 2 bridgehead atoms. The van der Waals surface area contributed by atoms with Crippen LogP contribution in [0.2, 0.25) is 0 Å². The van der Waals surface area contributed by atoms with E-state index in [9.17, 15) is 9.59 Å². The highest BCUT2D eigenvalue weighted by Crippen LogP contribution is 2.55. The summed E-state index contributed by atoms with van der Waals surface area (Å²) < 4.78 is 10.1. The van der Waals surface area contributed by atoms with E-state index < -0.39 is 5.97 Å². The maximum absolute atomic E-state index is 13.0. The number of methoxy groups -OCH3 is 1. The molecular weight excluding hydrogens is 320 g/mol. The van der Waals surface area contributed by atoms with Crippen LogP contribution >= 0.6 is 0 Å². The number of rotatable bonds is 5. The number of esters is 1. The summed E-state index contributed by atoms with van der Waals surface area (Å²) in [5, 5.41) is 0. The largest absolute Gasteiger partial charge is 0.460 e. The first-order valence-corrected chi connectivity index (χ1v) is 9.19. The quantitative estimate of drug-likeness (QED) is 0.656. The van der Waals surface area contributed by atoms with Crippen LogP contribution in [0.1, 0.15) is 51.4 Å². The van der Waals surface area contributed by atoms with Gasteiger partial charge in [-0.05, 0) is 50.5 Å². The van der Waals surface area contributed by atoms with E-state index in [0.717, 1.165) is 12.5 Å². The predicted octanol–water partition coefficient (Wildman–Crippen LogP) is 2.31. The Bertz CT molecular complexity index is 709. The molecule has 2 saturated carbocycles. The third-order valence-corrected chi connectivity index (χ3v) is 6.45. The van der Waals surface area contributed by atoms with Crippen LogP contribution in [0.15, 0.2) is 0 Å². The number of nitrogens with zero attached hydrogens (tertiary/aromatic N) is 1. The van der Waals surface area contributed by atoms with Crippen molar-refractivity contribution in [2.24, 2.45) is 17.8 Å². The Morgan fingerprint density at radius 1 is 1.20 bits per heavy atom. The van der Waals surface area contributed by atoms with Crippen molar-refractivity contribution in [3.63, 3.8) is 0 Å². The van der Waals surface area contributed by atoms with Gasteiger partial charge in [-0.1, -0.05) is 0 Å². The zero-order valence-corrected chi connectivity index (χ0v) is 15.1. The van der Waals surface area contributed by atoms with Crippen molar-refractivity contribution in [1.82, 2.24) is 9.88 Å². The highest BCUT2D eigenvalue weighted by atomic mass is 16.6. The van der Waals surface area contributed by atoms with Gasteiger partial charge in [0.15, 0.2) is 0 Å². The average Bonchev–Trinajstić information content (AvgIpc) is 3.18. The smallest absolute Gasteiger partial charge is 0.340 e. The van der Waals surface area contributed by atoms with Crippen LogP contribution in [-0.2, 0) is 9.47 Å². The SMILES string of the molecule is COCCOC(=O)c1c(C)[nH]c(C(=O)N2C[C@H]3[C@H]4CC[C@@H](C4)[C@H]32)c1C. The van der Waals surface area contributed by atoms with Gasteiger partial charge in [-0.2, -0.15) is 0 Å². The maximum Gasteiger partial charge on any atom is 0.340 e. The molecule has 25 heavy (non-hydrogen) atoms. The Morgan fingerprint density at radius 3 is 2.68 bits per heavy atom. The topological polar surface area (TPSA) is 71.6 Å². The number of aryl methyl sites for hydroxylation is 1. The van der Waals surface area contributed by atoms with Gasteiger partial charge in [0.2, 0.25) is 0 Å². The molecule has 6 nitrogen and oxygen atoms in total. The zero-order chi connectivity index (χ0) is 17.7. The number of aromatic amines is 1. The summed E-state index contributed by atoms with van der Waals surface area (Å²) in [6.45, 7) is 5.08. The molecule has 136 valence electrons. The number of carbonyl (C=O) groups excluding carboxylic acids is 2. The summed E-state index contributed by atoms with van der Waals surface area (Å²) in [5.41, 5.74) is 2.40. The number of amides is 1. The van der Waals surface area contributed by atoms with Gasteiger partial charge in [0.1, 0.15) is 12.3 Å². The summed E-state index contributed by atoms with van der Waals surface area (Å²) in [5.74, 6) is 1.85. The Morgan fingerprint density at radius 2 is 1.96 bits per heavy atom. The summed E-state index contributed by atoms with van der Waals surface area (Å²) in [6, 6.07) is 0.423. The molecule has 1 aromatic rings. The van der Waals surface area contributed by atoms with E-state index in [2.05, 4.69) is 4.98 Å². The van der Waals surface area contributed by atoms with Crippen LogP contribution in [0.25, 0.3) is 0 Å². The van der Waals surface area contributed by atoms with Gasteiger partial charge < -0.3 is 19.4 Å². The lowest BCUT2D eigenvalue weighted by molar-refractivity contribution is -0.00951. The summed E-state index contributed by atoms with van der Waals surface area (Å²) in [4.78, 5) is 30.5. The second-order valence-corrected chi connectivity index (χ2v) is 7.70. The first-order chi connectivity index (χ1) is 12.0. The van der Waals surface area contributed by atoms with Crippen molar-refractivity contribution in [3.8, 4) is 0 Å². The summed E-state index contributed by atoms with van der Waals surface area (Å²) in [6.07, 6.45) is 3.89. The van der Waals surface area contributed by atoms with E-state index in [-0.39, 0.29) is 12.5 Å². The van der Waals surface area contributed by atoms with E-state index in [4.69, 9.17) is 9.47 Å². The van der Waals surface area contributed by atoms with Crippen molar-refractivity contribution in [2.75, 3.05) is 26.9 Å². The van der Waals surface area contributed by atoms with Gasteiger partial charge in [0, 0.05) is 31.3 Å². The molecule has 2 heterocycles. The van der Waals surface area contributed by atoms with E-state index >= 15 is 0 Å². The maximum atomic E-state index is 13.0. The van der Waals surface area contributed by atoms with Crippen molar-refractivity contribution < 1.29 is 19.1 Å². The normalized spacial score (nSPS) is 29.5. The van der Waals surface area contributed by atoms with Crippen LogP contribution < -0.4 is 0 Å². The van der Waals surface area contributed by atoms with Crippen molar-refractivity contribution in [3.05, 3.63) is 22.5 Å². The van der Waals surface area contributed by atoms with E-state index in [1.54, 1.807) is 7.11 Å². The number of aromatic nitrogens is 1. The number of likely N-dealkylation sites (tertiary alicyclic amines) is 1. The second-order valence-electron chi connectivity index (χ2n) is 7.70. The molecule has 1 amide bonds. The molecule has 0 radical (unpaired) electrons. The Labute approximate surface area is 147 Å². The molecule has 1 aromatic heterocycles. The lowest BCUT2D eigenvalue weighted by Crippen LogP contribution is -2.61. The minimum absolute atomic E-state index is 0.0327. The number of hydrogen-bond acceptors (Lipinski definition) is 4. The lowest BCUT2D eigenvalue weighted by Gasteiger charge is -2.50. The molecule has 1 N–H and O–H groups in total. The third-order valence-electron chi connectivity index (χ3n) is 6.45. The van der Waals surface area contributed by atoms with E-state index in [1.165, 1.54) is 19.3 Å². The number of carbonyl (C=O) groups is 2. The molecular formula is C19H26N2O4. The van der Waals surface area contributed by atoms with E-state index in [0.29, 0.717) is 47.0 Å². The molecule has 0 spiro atoms. The monoisotopic (exact) mass is 346 g/mol. The molecule has 3 aliphatic rings. The third kappa shape index (κ3) is 2.49. The van der Waals surface area contributed by atoms with Gasteiger partial charge >= 0.3 is 5.97 Å². The highest BCUT2D eigenvalue weighted by Gasteiger charge is 2.57. The Balaban J connectivity index is 1.50. The van der Waals surface area contributed by atoms with Crippen LogP contribution in [0.4, 0.5) is 0 Å². The predicted molar refractivity (Wildman–Crippen MR) is 91.6 cm³/mol. The summed E-state index contributed by atoms with van der Waals surface area (Å²) >= 11 is 0. The number of H-pyrrole nitrogens is 1. The van der Waals surface area contributed by atoms with Crippen LogP contribution in [-0.4, -0.2) is 54.7 Å². The van der Waals surface area contributed by atoms with Gasteiger partial charge in [-0.3, -0.25) is 4.79 Å². The number of fused-ring (bicyclic) bond motifs is 5. The van der Waals surface area contributed by atoms with E-state index in [1.807, 2.05) is 18.7 Å². The van der Waals surface area contributed by atoms with Crippen molar-refractivity contribution >= 4 is 11.9 Å². The second kappa shape index (κ2) is 6.16. The first kappa shape index (κ1) is 16.6. The first-order valence-electron chi connectivity index (χ1n) is 9.19. The van der Waals surface area contributed by atoms with Crippen molar-refractivity contribution in [1.29, 1.82) is 0 Å². The Kier molecular flexibility index (Phi) is 4.10. The zero-order valence-electron chi connectivity index (χ0n) is 15.1. The van der Waals surface area contributed by atoms with Crippen LogP contribution in [0, 0.1) is 31.6 Å². The number of hydrogen-bond donors (Lipinski definition) is 1. The fourth-order valence-electron chi connectivity index (χ4n) is 5.26. The van der Waals surface area contributed by atoms with Gasteiger partial charge in [-0.15, -0.1) is 0 Å². The molecule has 6 heteroatoms. The molecule has 0 unspecified atom stereocenters. The molecule has 4 rings (SSSR count). The standard InChI is InChI=1S/C19H26N2O4/c1-10-15(19(23)25-7-6-24-3)11(2)20-16(10)18(22)21-9-14-12-4-5-13(8-12)17(14)21/h12-14,17,20H,4-9H2,1-3H3/t12-,13-,14-,17+/m0/s1. The molecule has 3 fully saturated rings. The average molecular weight is 346 g/mol. The number of ether oxygens (including phenoxy) is 2. The van der Waals surface area contributed by atoms with Crippen LogP contribution in [0.5, 0.6) is 0 Å². The van der Waals surface area contributed by atoms with Gasteiger partial charge in [0.05, 0.1) is 12.2 Å².